The zero-order valence-corrected chi connectivity index (χ0v) is 52.5. The lowest BCUT2D eigenvalue weighted by atomic mass is 10.0. The number of nitrogens with zero attached hydrogens (tertiary/aromatic N) is 8. The molecule has 0 bridgehead atoms. The van der Waals surface area contributed by atoms with E-state index in [1.807, 2.05) is 90.8 Å². The van der Waals surface area contributed by atoms with E-state index in [4.69, 9.17) is 25.8 Å². The monoisotopic (exact) mass is 1210 g/mol. The molecule has 3 heterocycles. The van der Waals surface area contributed by atoms with Crippen LogP contribution in [0.2, 0.25) is 5.02 Å². The lowest BCUT2D eigenvalue weighted by Crippen LogP contribution is -2.47. The number of hydrogen-bond donors (Lipinski definition) is 0. The summed E-state index contributed by atoms with van der Waals surface area (Å²) in [6, 6.07) is 45.5. The minimum atomic E-state index is -0.400. The van der Waals surface area contributed by atoms with Gasteiger partial charge in [0.15, 0.2) is 17.3 Å². The number of piperidine rings is 1. The first kappa shape index (κ1) is 68.0. The number of likely N-dealkylation sites (tertiary alicyclic amines) is 1. The SMILES string of the molecule is CN(C)C=C(CC(=O)OC1CCN(C)CC1)C(=O)c1ccccc1.CN(C)C=C(CC(=O)OCCN1CCN(c2ccccc2)CC1)C(=O)c1ccc(Cl)cc1.CN(C)C=C(CC(=O)OCCN1CCN(c2ccccc2)CC1)C(=O)c1ccccc1. The van der Waals surface area contributed by atoms with Crippen LogP contribution in [-0.2, 0) is 28.6 Å². The number of halogens is 1. The molecule has 17 nitrogen and oxygen atoms in total. The van der Waals surface area contributed by atoms with Gasteiger partial charge in [0.05, 0.1) is 19.3 Å². The van der Waals surface area contributed by atoms with Crippen molar-refractivity contribution in [3.63, 3.8) is 0 Å². The maximum absolute atomic E-state index is 12.8. The van der Waals surface area contributed by atoms with Gasteiger partial charge in [-0.25, -0.2) is 0 Å². The average Bonchev–Trinajstić information content (AvgIpc) is 3.73. The molecule has 0 saturated carbocycles. The Bertz CT molecular complexity index is 3030. The summed E-state index contributed by atoms with van der Waals surface area (Å²) in [5.41, 5.74) is 5.39. The number of carbonyl (C=O) groups excluding carboxylic acids is 6. The Balaban J connectivity index is 0.000000211. The van der Waals surface area contributed by atoms with Crippen LogP contribution in [0.5, 0.6) is 0 Å². The van der Waals surface area contributed by atoms with E-state index in [1.54, 1.807) is 81.8 Å². The van der Waals surface area contributed by atoms with Gasteiger partial charge in [-0.1, -0.05) is 109 Å². The molecule has 0 unspecified atom stereocenters. The molecule has 3 fully saturated rings. The molecule has 0 amide bonds. The van der Waals surface area contributed by atoms with E-state index >= 15 is 0 Å². The second-order valence-corrected chi connectivity index (χ2v) is 22.8. The molecule has 5 aromatic rings. The van der Waals surface area contributed by atoms with E-state index < -0.39 is 5.97 Å². The van der Waals surface area contributed by atoms with Gasteiger partial charge in [0.25, 0.3) is 0 Å². The predicted octanol–water partition coefficient (Wildman–Crippen LogP) is 9.14. The zero-order chi connectivity index (χ0) is 62.5. The molecule has 0 N–H and O–H groups in total. The second-order valence-electron chi connectivity index (χ2n) is 22.4. The Morgan fingerprint density at radius 1 is 0.437 bits per heavy atom. The van der Waals surface area contributed by atoms with Crippen molar-refractivity contribution < 1.29 is 43.0 Å². The standard InChI is InChI=1S/C25H30ClN3O3.C25H31N3O3.C19H26N2O3/c1-27(2)19-21(25(31)20-8-10-22(26)11-9-20)18-24(30)32-17-16-28-12-14-29(15-13-28)23-6-4-3-5-7-23;1-26(2)20-22(25(30)21-9-5-3-6-10-21)19-24(29)31-18-17-27-13-15-28(16-14-27)23-11-7-4-8-12-23;1-20(2)14-16(19(23)15-7-5-4-6-8-15)13-18(22)24-17-9-11-21(3)12-10-17/h3-11,19H,12-18H2,1-2H3;3-12,20H,13-19H2,1-2H3;4-8,14,17H,9-13H2,1-3H3. The molecule has 0 atom stereocenters. The van der Waals surface area contributed by atoms with Crippen LogP contribution in [0.25, 0.3) is 0 Å². The predicted molar refractivity (Wildman–Crippen MR) is 345 cm³/mol. The van der Waals surface area contributed by atoms with Crippen LogP contribution < -0.4 is 9.80 Å². The number of ether oxygens (including phenoxy) is 3. The third-order valence-electron chi connectivity index (χ3n) is 14.6. The number of hydrogen-bond acceptors (Lipinski definition) is 17. The van der Waals surface area contributed by atoms with Crippen LogP contribution in [0.3, 0.4) is 0 Å². The van der Waals surface area contributed by atoms with Crippen molar-refractivity contribution in [2.24, 2.45) is 0 Å². The van der Waals surface area contributed by atoms with Gasteiger partial charge >= 0.3 is 17.9 Å². The maximum atomic E-state index is 12.8. The summed E-state index contributed by atoms with van der Waals surface area (Å²) in [7, 11) is 13.0. The molecule has 8 rings (SSSR count). The Morgan fingerprint density at radius 2 is 0.759 bits per heavy atom. The molecule has 0 aromatic heterocycles. The van der Waals surface area contributed by atoms with Crippen molar-refractivity contribution >= 4 is 58.2 Å². The summed E-state index contributed by atoms with van der Waals surface area (Å²) in [6.45, 7) is 11.4. The van der Waals surface area contributed by atoms with E-state index in [0.29, 0.717) is 64.7 Å². The van der Waals surface area contributed by atoms with Gasteiger partial charge in [0, 0.05) is 189 Å². The van der Waals surface area contributed by atoms with Crippen LogP contribution in [0.4, 0.5) is 11.4 Å². The molecule has 3 saturated heterocycles. The first-order valence-electron chi connectivity index (χ1n) is 29.8. The lowest BCUT2D eigenvalue weighted by molar-refractivity contribution is -0.150. The molecule has 0 aliphatic carbocycles. The first-order chi connectivity index (χ1) is 41.9. The van der Waals surface area contributed by atoms with E-state index in [-0.39, 0.29) is 54.7 Å². The van der Waals surface area contributed by atoms with Crippen molar-refractivity contribution in [3.05, 3.63) is 203 Å². The van der Waals surface area contributed by atoms with E-state index in [1.165, 1.54) is 11.4 Å². The molecular weight excluding hydrogens is 1120 g/mol. The van der Waals surface area contributed by atoms with E-state index in [0.717, 1.165) is 78.3 Å². The highest BCUT2D eigenvalue weighted by Gasteiger charge is 2.25. The van der Waals surface area contributed by atoms with Gasteiger partial charge in [-0.15, -0.1) is 0 Å². The molecule has 0 spiro atoms. The molecule has 0 radical (unpaired) electrons. The molecule has 18 heteroatoms. The summed E-state index contributed by atoms with van der Waals surface area (Å²) in [6.07, 6.45) is 6.61. The van der Waals surface area contributed by atoms with Gasteiger partial charge in [-0.05, 0) is 68.4 Å². The first-order valence-corrected chi connectivity index (χ1v) is 30.1. The maximum Gasteiger partial charge on any atom is 0.310 e. The smallest absolute Gasteiger partial charge is 0.310 e. The van der Waals surface area contributed by atoms with Crippen LogP contribution >= 0.6 is 11.6 Å². The quantitative estimate of drug-likeness (QED) is 0.0249. The number of piperazine rings is 2. The number of esters is 3. The second kappa shape index (κ2) is 36.1. The minimum Gasteiger partial charge on any atom is -0.464 e. The lowest BCUT2D eigenvalue weighted by Gasteiger charge is -2.35. The molecule has 464 valence electrons. The Labute approximate surface area is 520 Å². The zero-order valence-electron chi connectivity index (χ0n) is 51.7. The van der Waals surface area contributed by atoms with Crippen molar-refractivity contribution in [3.8, 4) is 0 Å². The minimum absolute atomic E-state index is 0.00174. The highest BCUT2D eigenvalue weighted by atomic mass is 35.5. The number of Topliss-reactive ketones (excluding diaryl/α,β-unsaturated/α-hetero) is 3. The number of ketones is 3. The van der Waals surface area contributed by atoms with Gasteiger partial charge in [0.1, 0.15) is 19.3 Å². The molecule has 3 aliphatic rings. The summed E-state index contributed by atoms with van der Waals surface area (Å²) >= 11 is 5.91. The highest BCUT2D eigenvalue weighted by Crippen LogP contribution is 2.21. The highest BCUT2D eigenvalue weighted by molar-refractivity contribution is 6.30. The fraction of sp³-hybridized carbons (Fsp3) is 0.391. The summed E-state index contributed by atoms with van der Waals surface area (Å²) in [4.78, 5) is 92.2. The number of rotatable bonds is 24. The Hall–Kier alpha value is -8.09. The summed E-state index contributed by atoms with van der Waals surface area (Å²) in [5.74, 6) is -1.59. The van der Waals surface area contributed by atoms with Gasteiger partial charge in [-0.3, -0.25) is 38.6 Å². The average molecular weight is 1210 g/mol. The largest absolute Gasteiger partial charge is 0.464 e. The van der Waals surface area contributed by atoms with Crippen molar-refractivity contribution in [1.29, 1.82) is 0 Å². The van der Waals surface area contributed by atoms with Crippen LogP contribution in [-0.4, -0.2) is 212 Å². The molecule has 3 aliphatic heterocycles. The van der Waals surface area contributed by atoms with Crippen LogP contribution in [0.15, 0.2) is 181 Å². The van der Waals surface area contributed by atoms with Gasteiger partial charge in [-0.2, -0.15) is 0 Å². The van der Waals surface area contributed by atoms with E-state index in [2.05, 4.69) is 80.1 Å². The fourth-order valence-electron chi connectivity index (χ4n) is 10.0. The Kier molecular flexibility index (Phi) is 28.3. The fourth-order valence-corrected chi connectivity index (χ4v) is 10.2. The van der Waals surface area contributed by atoms with Crippen molar-refractivity contribution in [1.82, 2.24) is 29.4 Å². The summed E-state index contributed by atoms with van der Waals surface area (Å²) in [5, 5.41) is 0.559. The van der Waals surface area contributed by atoms with Gasteiger partial charge < -0.3 is 43.6 Å². The number of para-hydroxylation sites is 2. The van der Waals surface area contributed by atoms with Crippen molar-refractivity contribution in [2.45, 2.75) is 38.2 Å². The Morgan fingerprint density at radius 3 is 1.10 bits per heavy atom. The molecular formula is C69H87ClN8O9. The third-order valence-corrected chi connectivity index (χ3v) is 14.8. The van der Waals surface area contributed by atoms with Crippen LogP contribution in [0.1, 0.15) is 63.2 Å². The third kappa shape index (κ3) is 24.3. The number of carbonyl (C=O) groups is 6. The van der Waals surface area contributed by atoms with Crippen LogP contribution in [0, 0.1) is 0 Å². The van der Waals surface area contributed by atoms with Crippen molar-refractivity contribution in [2.75, 3.05) is 151 Å². The van der Waals surface area contributed by atoms with Gasteiger partial charge in [0.2, 0.25) is 0 Å². The van der Waals surface area contributed by atoms with E-state index in [9.17, 15) is 28.8 Å². The normalized spacial score (nSPS) is 15.4. The summed E-state index contributed by atoms with van der Waals surface area (Å²) < 4.78 is 16.5. The molecule has 87 heavy (non-hydrogen) atoms. The number of benzene rings is 5. The molecule has 5 aromatic carbocycles. The topological polar surface area (TPSA) is 156 Å². The number of anilines is 2.